The Bertz CT molecular complexity index is 905. The first-order valence-electron chi connectivity index (χ1n) is 19.3. The third-order valence-corrected chi connectivity index (χ3v) is 8.73. The minimum atomic E-state index is -0.692. The van der Waals surface area contributed by atoms with Gasteiger partial charge >= 0.3 is 5.97 Å². The highest BCUT2D eigenvalue weighted by Crippen LogP contribution is 2.16. The lowest BCUT2D eigenvalue weighted by Gasteiger charge is -2.12. The quantitative estimate of drug-likeness (QED) is 0.0614. The maximum absolute atomic E-state index is 12.2. The Morgan fingerprint density at radius 1 is 0.510 bits per heavy atom. The van der Waals surface area contributed by atoms with E-state index in [1.54, 1.807) is 0 Å². The van der Waals surface area contributed by atoms with Gasteiger partial charge in [-0.15, -0.1) is 0 Å². The van der Waals surface area contributed by atoms with Crippen molar-refractivity contribution in [1.82, 2.24) is 5.32 Å². The highest BCUT2D eigenvalue weighted by atomic mass is 16.5. The monoisotopic (exact) mass is 695 g/mol. The van der Waals surface area contributed by atoms with Gasteiger partial charge in [0.2, 0.25) is 5.91 Å². The molecule has 1 amide bonds. The van der Waals surface area contributed by atoms with Gasteiger partial charge < -0.3 is 24.7 Å². The van der Waals surface area contributed by atoms with Crippen molar-refractivity contribution in [2.45, 2.75) is 174 Å². The second-order valence-electron chi connectivity index (χ2n) is 13.6. The molecule has 10 nitrogen and oxygen atoms in total. The fourth-order valence-electron chi connectivity index (χ4n) is 5.58. The van der Waals surface area contributed by atoms with Gasteiger partial charge in [0.05, 0.1) is 0 Å². The lowest BCUT2D eigenvalue weighted by molar-refractivity contribution is -0.137. The molecule has 0 spiro atoms. The molecule has 0 radical (unpaired) electrons. The van der Waals surface area contributed by atoms with Gasteiger partial charge in [-0.1, -0.05) is 64.2 Å². The second-order valence-corrected chi connectivity index (χ2v) is 13.6. The zero-order valence-corrected chi connectivity index (χ0v) is 31.0. The summed E-state index contributed by atoms with van der Waals surface area (Å²) >= 11 is 0. The molecule has 10 heteroatoms. The molecule has 0 aromatic rings. The number of unbranched alkanes of at least 4 members (excludes halogenated alkanes) is 13. The van der Waals surface area contributed by atoms with E-state index in [4.69, 9.17) is 14.6 Å². The number of nitrogens with one attached hydrogen (secondary N) is 1. The molecule has 0 heterocycles. The largest absolute Gasteiger partial charge is 0.481 e. The van der Waals surface area contributed by atoms with Crippen molar-refractivity contribution in [2.24, 2.45) is 5.92 Å². The zero-order valence-electron chi connectivity index (χ0n) is 31.0. The summed E-state index contributed by atoms with van der Waals surface area (Å²) in [6.07, 6.45) is 20.7. The number of carboxylic acid groups (broad SMARTS) is 1. The molecule has 0 aromatic heterocycles. The summed E-state index contributed by atoms with van der Waals surface area (Å²) < 4.78 is 11.3. The molecule has 0 aliphatic heterocycles. The van der Waals surface area contributed by atoms with Gasteiger partial charge in [-0.25, -0.2) is 0 Å². The minimum absolute atomic E-state index is 0.00330. The Morgan fingerprint density at radius 3 is 1.45 bits per heavy atom. The molecule has 0 bridgehead atoms. The van der Waals surface area contributed by atoms with Crippen LogP contribution in [0.3, 0.4) is 0 Å². The molecule has 49 heavy (non-hydrogen) atoms. The molecular weight excluding hydrogens is 626 g/mol. The first kappa shape index (κ1) is 46.5. The number of ketones is 4. The van der Waals surface area contributed by atoms with Crippen molar-refractivity contribution in [3.8, 4) is 0 Å². The number of aliphatic carboxylic acids is 1. The predicted octanol–water partition coefficient (Wildman–Crippen LogP) is 7.91. The van der Waals surface area contributed by atoms with Crippen LogP contribution < -0.4 is 5.32 Å². The number of carboxylic acids is 1. The van der Waals surface area contributed by atoms with Crippen molar-refractivity contribution < 1.29 is 43.3 Å². The number of Topliss-reactive ketones (excluding diaryl/α,β-unsaturated/α-hetero) is 4. The van der Waals surface area contributed by atoms with Crippen LogP contribution in [0.15, 0.2) is 0 Å². The molecule has 0 saturated carbocycles. The molecule has 2 N–H and O–H groups in total. The van der Waals surface area contributed by atoms with E-state index in [2.05, 4.69) is 5.32 Å². The average molecular weight is 696 g/mol. The molecule has 0 aromatic carbocycles. The first-order valence-corrected chi connectivity index (χ1v) is 19.3. The summed E-state index contributed by atoms with van der Waals surface area (Å²) in [6, 6.07) is 0. The lowest BCUT2D eigenvalue weighted by atomic mass is 9.91. The predicted molar refractivity (Wildman–Crippen MR) is 193 cm³/mol. The topological polar surface area (TPSA) is 153 Å². The Balaban J connectivity index is 3.41. The summed E-state index contributed by atoms with van der Waals surface area (Å²) in [5.41, 5.74) is 0. The zero-order chi connectivity index (χ0) is 36.4. The van der Waals surface area contributed by atoms with Crippen LogP contribution >= 0.6 is 0 Å². The van der Waals surface area contributed by atoms with E-state index in [-0.39, 0.29) is 48.9 Å². The van der Waals surface area contributed by atoms with Crippen molar-refractivity contribution >= 4 is 35.0 Å². The van der Waals surface area contributed by atoms with Crippen LogP contribution in [0.1, 0.15) is 174 Å². The summed E-state index contributed by atoms with van der Waals surface area (Å²) in [5.74, 6) is -1.20. The van der Waals surface area contributed by atoms with Crippen LogP contribution in [-0.2, 0) is 38.2 Å². The smallest absolute Gasteiger partial charge is 0.303 e. The third-order valence-electron chi connectivity index (χ3n) is 8.73. The number of carbonyl (C=O) groups excluding carboxylic acids is 5. The molecule has 0 fully saturated rings. The summed E-state index contributed by atoms with van der Waals surface area (Å²) in [4.78, 5) is 69.6. The normalized spacial score (nSPS) is 11.7. The molecule has 284 valence electrons. The van der Waals surface area contributed by atoms with Crippen LogP contribution in [0.2, 0.25) is 0 Å². The Hall–Kier alpha value is -2.46. The van der Waals surface area contributed by atoms with E-state index in [1.807, 2.05) is 0 Å². The van der Waals surface area contributed by atoms with Gasteiger partial charge in [0.1, 0.15) is 23.1 Å². The Labute approximate surface area is 296 Å². The molecule has 0 unspecified atom stereocenters. The van der Waals surface area contributed by atoms with E-state index in [0.717, 1.165) is 57.8 Å². The van der Waals surface area contributed by atoms with Crippen molar-refractivity contribution in [3.63, 3.8) is 0 Å². The summed E-state index contributed by atoms with van der Waals surface area (Å²) in [6.45, 7) is 5.94. The van der Waals surface area contributed by atoms with Crippen LogP contribution in [0.25, 0.3) is 0 Å². The second kappa shape index (κ2) is 34.0. The molecule has 0 aliphatic carbocycles. The lowest BCUT2D eigenvalue weighted by Crippen LogP contribution is -2.26. The van der Waals surface area contributed by atoms with Crippen LogP contribution in [0.5, 0.6) is 0 Å². The van der Waals surface area contributed by atoms with Gasteiger partial charge in [-0.3, -0.25) is 24.0 Å². The third kappa shape index (κ3) is 35.2. The van der Waals surface area contributed by atoms with Gasteiger partial charge in [0.25, 0.3) is 0 Å². The van der Waals surface area contributed by atoms with Gasteiger partial charge in [-0.2, -0.15) is 0 Å². The Morgan fingerprint density at radius 2 is 0.959 bits per heavy atom. The minimum Gasteiger partial charge on any atom is -0.481 e. The number of rotatable bonds is 38. The molecule has 0 aliphatic rings. The SMILES string of the molecule is CC(=O)CC[C@H](CC(=O)CCC(=O)NCCCOCCCCOCCCCC(=O)CCCCCCCCCCCCCCC(=O)O)C(C)=O. The first-order chi connectivity index (χ1) is 23.6. The number of hydrogen-bond donors (Lipinski definition) is 2. The number of hydrogen-bond acceptors (Lipinski definition) is 8. The van der Waals surface area contributed by atoms with Crippen molar-refractivity contribution in [1.29, 1.82) is 0 Å². The standard InChI is InChI=1S/C39H69NO9/c1-33(41)23-24-35(34(2)42)32-37(44)25-26-38(45)40-27-19-31-49-30-18-17-29-48-28-16-15-21-36(43)20-13-11-9-7-5-3-4-6-8-10-12-14-22-39(46)47/h35H,3-32H2,1-2H3,(H,40,45)(H,46,47)/t35-/m1/s1. The highest BCUT2D eigenvalue weighted by molar-refractivity contribution is 5.89. The highest BCUT2D eigenvalue weighted by Gasteiger charge is 2.19. The van der Waals surface area contributed by atoms with Gasteiger partial charge in [0, 0.05) is 83.8 Å². The maximum Gasteiger partial charge on any atom is 0.303 e. The average Bonchev–Trinajstić information content (AvgIpc) is 3.05. The van der Waals surface area contributed by atoms with E-state index in [1.165, 1.54) is 58.8 Å². The Kier molecular flexibility index (Phi) is 32.3. The number of amides is 1. The molecule has 0 saturated heterocycles. The number of ether oxygens (including phenoxy) is 2. The summed E-state index contributed by atoms with van der Waals surface area (Å²) in [5, 5.41) is 11.4. The molecule has 0 rings (SSSR count). The van der Waals surface area contributed by atoms with Crippen LogP contribution in [0, 0.1) is 5.92 Å². The molecule has 1 atom stereocenters. The summed E-state index contributed by atoms with van der Waals surface area (Å²) in [7, 11) is 0. The van der Waals surface area contributed by atoms with Gasteiger partial charge in [0.15, 0.2) is 0 Å². The fraction of sp³-hybridized carbons (Fsp3) is 0.846. The van der Waals surface area contributed by atoms with Crippen molar-refractivity contribution in [3.05, 3.63) is 0 Å². The van der Waals surface area contributed by atoms with E-state index < -0.39 is 11.9 Å². The fourth-order valence-corrected chi connectivity index (χ4v) is 5.58. The van der Waals surface area contributed by atoms with E-state index in [9.17, 15) is 28.8 Å². The van der Waals surface area contributed by atoms with E-state index >= 15 is 0 Å². The van der Waals surface area contributed by atoms with Crippen LogP contribution in [-0.4, -0.2) is 73.1 Å². The number of carbonyl (C=O) groups is 6. The van der Waals surface area contributed by atoms with E-state index in [0.29, 0.717) is 70.9 Å². The molecular formula is C39H69NO9. The van der Waals surface area contributed by atoms with Crippen LogP contribution in [0.4, 0.5) is 0 Å². The maximum atomic E-state index is 12.2. The van der Waals surface area contributed by atoms with Crippen molar-refractivity contribution in [2.75, 3.05) is 33.0 Å². The van der Waals surface area contributed by atoms with Gasteiger partial charge in [-0.05, 0) is 65.2 Å².